The minimum absolute atomic E-state index is 0.176. The Morgan fingerprint density at radius 2 is 2.06 bits per heavy atom. The summed E-state index contributed by atoms with van der Waals surface area (Å²) in [7, 11) is 0. The van der Waals surface area contributed by atoms with Crippen molar-refractivity contribution >= 4 is 16.9 Å². The molecule has 1 aromatic carbocycles. The molecular formula is C24H23F2N5O. The van der Waals surface area contributed by atoms with Crippen molar-refractivity contribution in [2.45, 2.75) is 32.4 Å². The third kappa shape index (κ3) is 3.45. The second-order valence-corrected chi connectivity index (χ2v) is 8.96. The molecule has 6 nitrogen and oxygen atoms in total. The molecule has 0 bridgehead atoms. The highest BCUT2D eigenvalue weighted by Crippen LogP contribution is 2.36. The lowest BCUT2D eigenvalue weighted by molar-refractivity contribution is 0.0643. The molecule has 0 radical (unpaired) electrons. The second kappa shape index (κ2) is 7.55. The van der Waals surface area contributed by atoms with Gasteiger partial charge in [0.05, 0.1) is 28.5 Å². The first-order chi connectivity index (χ1) is 15.3. The number of carbonyl (C=O) groups excluding carboxylic acids is 1. The van der Waals surface area contributed by atoms with Crippen LogP contribution in [0.25, 0.3) is 22.3 Å². The van der Waals surface area contributed by atoms with Crippen molar-refractivity contribution in [1.82, 2.24) is 24.6 Å². The maximum Gasteiger partial charge on any atom is 0.257 e. The van der Waals surface area contributed by atoms with Gasteiger partial charge in [0.1, 0.15) is 0 Å². The van der Waals surface area contributed by atoms with Crippen LogP contribution >= 0.6 is 0 Å². The number of carbonyl (C=O) groups is 1. The molecule has 0 spiro atoms. The fourth-order valence-electron chi connectivity index (χ4n) is 4.74. The maximum atomic E-state index is 14.2. The number of hydrogen-bond acceptors (Lipinski definition) is 3. The van der Waals surface area contributed by atoms with E-state index in [1.54, 1.807) is 17.3 Å². The van der Waals surface area contributed by atoms with Crippen LogP contribution in [0.5, 0.6) is 0 Å². The molecule has 1 amide bonds. The van der Waals surface area contributed by atoms with Crippen LogP contribution in [-0.4, -0.2) is 42.6 Å². The van der Waals surface area contributed by atoms with Crippen molar-refractivity contribution in [3.63, 3.8) is 0 Å². The summed E-state index contributed by atoms with van der Waals surface area (Å²) < 4.78 is 30.0. The number of benzene rings is 1. The average molecular weight is 435 g/mol. The number of nitrogens with one attached hydrogen (secondary N) is 1. The van der Waals surface area contributed by atoms with Crippen molar-refractivity contribution in [1.29, 1.82) is 0 Å². The number of fused-ring (bicyclic) bond motifs is 1. The van der Waals surface area contributed by atoms with Gasteiger partial charge in [0.25, 0.3) is 5.91 Å². The summed E-state index contributed by atoms with van der Waals surface area (Å²) >= 11 is 0. The molecule has 1 N–H and O–H groups in total. The largest absolute Gasteiger partial charge is 0.346 e. The molecule has 164 valence electrons. The highest BCUT2D eigenvalue weighted by Gasteiger charge is 2.42. The molecule has 1 aliphatic rings. The van der Waals surface area contributed by atoms with Gasteiger partial charge in [0, 0.05) is 36.6 Å². The maximum absolute atomic E-state index is 14.2. The lowest BCUT2D eigenvalue weighted by atomic mass is 9.96. The highest BCUT2D eigenvalue weighted by molar-refractivity contribution is 5.95. The lowest BCUT2D eigenvalue weighted by Crippen LogP contribution is -2.43. The molecule has 4 aromatic rings. The SMILES string of the molecule is CC1(C)CC(Cn2ccc3nc(-c4cn[nH]c4)ccc32)CN1C(=O)c1cccc(F)c1F. The molecule has 4 heterocycles. The second-order valence-electron chi connectivity index (χ2n) is 8.96. The molecule has 1 fully saturated rings. The number of nitrogens with zero attached hydrogens (tertiary/aromatic N) is 4. The van der Waals surface area contributed by atoms with E-state index in [2.05, 4.69) is 14.8 Å². The van der Waals surface area contributed by atoms with Crippen LogP contribution in [0.4, 0.5) is 8.78 Å². The topological polar surface area (TPSA) is 66.8 Å². The summed E-state index contributed by atoms with van der Waals surface area (Å²) in [6.45, 7) is 5.11. The van der Waals surface area contributed by atoms with Gasteiger partial charge in [-0.1, -0.05) is 6.07 Å². The van der Waals surface area contributed by atoms with Crippen LogP contribution in [0.15, 0.2) is 55.0 Å². The summed E-state index contributed by atoms with van der Waals surface area (Å²) in [4.78, 5) is 19.4. The number of amides is 1. The van der Waals surface area contributed by atoms with Crippen LogP contribution in [0, 0.1) is 17.6 Å². The Balaban J connectivity index is 1.37. The van der Waals surface area contributed by atoms with Gasteiger partial charge >= 0.3 is 0 Å². The summed E-state index contributed by atoms with van der Waals surface area (Å²) in [5.74, 6) is -2.40. The lowest BCUT2D eigenvalue weighted by Gasteiger charge is -2.31. The quantitative estimate of drug-likeness (QED) is 0.508. The highest BCUT2D eigenvalue weighted by atomic mass is 19.2. The molecule has 8 heteroatoms. The predicted molar refractivity (Wildman–Crippen MR) is 117 cm³/mol. The fourth-order valence-corrected chi connectivity index (χ4v) is 4.74. The minimum atomic E-state index is -1.09. The van der Waals surface area contributed by atoms with E-state index in [0.29, 0.717) is 13.1 Å². The van der Waals surface area contributed by atoms with Crippen molar-refractivity contribution in [3.05, 3.63) is 72.2 Å². The fraction of sp³-hybridized carbons (Fsp3) is 0.292. The zero-order valence-electron chi connectivity index (χ0n) is 17.8. The molecule has 3 aromatic heterocycles. The van der Waals surface area contributed by atoms with Crippen LogP contribution in [-0.2, 0) is 6.54 Å². The Hall–Kier alpha value is -3.55. The number of likely N-dealkylation sites (tertiary alicyclic amines) is 1. The summed E-state index contributed by atoms with van der Waals surface area (Å²) in [6.07, 6.45) is 6.30. The minimum Gasteiger partial charge on any atom is -0.346 e. The Morgan fingerprint density at radius 3 is 2.84 bits per heavy atom. The Morgan fingerprint density at radius 1 is 1.22 bits per heavy atom. The van der Waals surface area contributed by atoms with Gasteiger partial charge in [-0.05, 0) is 56.5 Å². The summed E-state index contributed by atoms with van der Waals surface area (Å²) in [6, 6.07) is 9.70. The van der Waals surface area contributed by atoms with E-state index in [1.165, 1.54) is 12.1 Å². The monoisotopic (exact) mass is 435 g/mol. The van der Waals surface area contributed by atoms with Gasteiger partial charge in [-0.3, -0.25) is 9.89 Å². The van der Waals surface area contributed by atoms with Gasteiger partial charge in [0.15, 0.2) is 11.6 Å². The Kier molecular flexibility index (Phi) is 4.80. The van der Waals surface area contributed by atoms with E-state index in [0.717, 1.165) is 34.8 Å². The molecule has 5 rings (SSSR count). The molecule has 32 heavy (non-hydrogen) atoms. The van der Waals surface area contributed by atoms with Gasteiger partial charge in [-0.2, -0.15) is 5.10 Å². The average Bonchev–Trinajstić information content (AvgIpc) is 3.49. The number of hydrogen-bond donors (Lipinski definition) is 1. The van der Waals surface area contributed by atoms with Gasteiger partial charge in [-0.15, -0.1) is 0 Å². The number of rotatable bonds is 4. The van der Waals surface area contributed by atoms with Crippen LogP contribution < -0.4 is 0 Å². The number of pyridine rings is 1. The van der Waals surface area contributed by atoms with Crippen molar-refractivity contribution < 1.29 is 13.6 Å². The summed E-state index contributed by atoms with van der Waals surface area (Å²) in [5.41, 5.74) is 2.99. The van der Waals surface area contributed by atoms with Crippen LogP contribution in [0.2, 0.25) is 0 Å². The first-order valence-electron chi connectivity index (χ1n) is 10.5. The van der Waals surface area contributed by atoms with E-state index in [-0.39, 0.29) is 11.5 Å². The summed E-state index contributed by atoms with van der Waals surface area (Å²) in [5, 5.41) is 6.77. The van der Waals surface area contributed by atoms with Crippen molar-refractivity contribution in [2.75, 3.05) is 6.54 Å². The smallest absolute Gasteiger partial charge is 0.257 e. The van der Waals surface area contributed by atoms with Crippen LogP contribution in [0.3, 0.4) is 0 Å². The molecule has 1 saturated heterocycles. The first kappa shape index (κ1) is 20.4. The van der Waals surface area contributed by atoms with Crippen molar-refractivity contribution in [3.8, 4) is 11.3 Å². The predicted octanol–water partition coefficient (Wildman–Crippen LogP) is 4.65. The number of halogens is 2. The molecule has 0 saturated carbocycles. The van der Waals surface area contributed by atoms with Crippen LogP contribution in [0.1, 0.15) is 30.6 Å². The molecule has 1 aliphatic heterocycles. The van der Waals surface area contributed by atoms with E-state index in [9.17, 15) is 13.6 Å². The zero-order valence-corrected chi connectivity index (χ0v) is 17.8. The number of aromatic nitrogens is 4. The molecule has 0 aliphatic carbocycles. The third-order valence-corrected chi connectivity index (χ3v) is 6.26. The molecule has 1 unspecified atom stereocenters. The van der Waals surface area contributed by atoms with E-state index < -0.39 is 23.1 Å². The molecular weight excluding hydrogens is 412 g/mol. The third-order valence-electron chi connectivity index (χ3n) is 6.26. The van der Waals surface area contributed by atoms with E-state index in [1.807, 2.05) is 38.2 Å². The normalized spacial score (nSPS) is 17.9. The van der Waals surface area contributed by atoms with Gasteiger partial charge < -0.3 is 9.47 Å². The van der Waals surface area contributed by atoms with Gasteiger partial charge in [-0.25, -0.2) is 13.8 Å². The van der Waals surface area contributed by atoms with Gasteiger partial charge in [0.2, 0.25) is 0 Å². The Labute approximate surface area is 183 Å². The number of H-pyrrole nitrogens is 1. The molecule has 1 atom stereocenters. The first-order valence-corrected chi connectivity index (χ1v) is 10.5. The number of aromatic amines is 1. The Bertz CT molecular complexity index is 1300. The van der Waals surface area contributed by atoms with E-state index >= 15 is 0 Å². The van der Waals surface area contributed by atoms with E-state index in [4.69, 9.17) is 4.98 Å². The zero-order chi connectivity index (χ0) is 22.5. The van der Waals surface area contributed by atoms with Crippen molar-refractivity contribution in [2.24, 2.45) is 5.92 Å². The standard InChI is InChI=1S/C24H23F2N5O/c1-24(2)10-15(14-31(24)23(32)17-4-3-5-18(25)22(17)26)13-30-9-8-20-21(30)7-6-19(29-20)16-11-27-28-12-16/h3-9,11-12,15H,10,13-14H2,1-2H3,(H,27,28).